The quantitative estimate of drug-likeness (QED) is 0.269. The summed E-state index contributed by atoms with van der Waals surface area (Å²) in [5.41, 5.74) is 1.19. The summed E-state index contributed by atoms with van der Waals surface area (Å²) in [4.78, 5) is 0.287. The van der Waals surface area contributed by atoms with E-state index in [1.54, 1.807) is 42.5 Å². The number of halogens is 3. The van der Waals surface area contributed by atoms with Gasteiger partial charge in [-0.1, -0.05) is 65.1 Å². The number of benzene rings is 2. The molecule has 216 valence electrons. The van der Waals surface area contributed by atoms with E-state index in [1.165, 1.54) is 6.26 Å². The van der Waals surface area contributed by atoms with Gasteiger partial charge in [-0.2, -0.15) is 0 Å². The summed E-state index contributed by atoms with van der Waals surface area (Å²) in [7, 11) is -3.31. The maximum Gasteiger partial charge on any atom is 0.175 e. The number of sulfone groups is 1. The third-order valence-electron chi connectivity index (χ3n) is 8.81. The van der Waals surface area contributed by atoms with Crippen LogP contribution in [0.1, 0.15) is 67.8 Å². The monoisotopic (exact) mass is 633 g/mol. The standard InChI is InChI=1S/C31H30Cl3NO5S/c1-30(31(36)15-20(16-31)19-5-3-6-22(13-19)41(2,37)38)12-11-21(14-26(30)34)39-17-23-28(35-40-29(23)18-9-10-18)27-24(32)7-4-8-25(27)33/h3-8,11,13-14,18,20,36H,9-10,12,15-17H2,1-2H3. The van der Waals surface area contributed by atoms with Crippen LogP contribution < -0.4 is 0 Å². The van der Waals surface area contributed by atoms with E-state index >= 15 is 0 Å². The lowest BCUT2D eigenvalue weighted by atomic mass is 9.54. The molecule has 2 aromatic carbocycles. The van der Waals surface area contributed by atoms with Crippen molar-refractivity contribution in [3.05, 3.63) is 92.3 Å². The number of nitrogens with zero attached hydrogens (tertiary/aromatic N) is 1. The molecule has 3 aliphatic rings. The molecule has 1 atom stereocenters. The predicted molar refractivity (Wildman–Crippen MR) is 160 cm³/mol. The van der Waals surface area contributed by atoms with E-state index in [1.807, 2.05) is 19.1 Å². The zero-order chi connectivity index (χ0) is 29.2. The van der Waals surface area contributed by atoms with Crippen LogP contribution in [0.2, 0.25) is 10.0 Å². The highest BCUT2D eigenvalue weighted by Crippen LogP contribution is 2.59. The van der Waals surface area contributed by atoms with E-state index < -0.39 is 20.9 Å². The Hall–Kier alpha value is -2.29. The van der Waals surface area contributed by atoms with Gasteiger partial charge >= 0.3 is 0 Å². The highest BCUT2D eigenvalue weighted by atomic mass is 35.5. The van der Waals surface area contributed by atoms with Crippen LogP contribution in [0, 0.1) is 5.41 Å². The van der Waals surface area contributed by atoms with Gasteiger partial charge in [0.1, 0.15) is 23.8 Å². The first kappa shape index (κ1) is 28.8. The smallest absolute Gasteiger partial charge is 0.175 e. The molecule has 1 N–H and O–H groups in total. The van der Waals surface area contributed by atoms with E-state index in [4.69, 9.17) is 44.1 Å². The topological polar surface area (TPSA) is 89.6 Å². The van der Waals surface area contributed by atoms with Gasteiger partial charge in [0.25, 0.3) is 0 Å². The van der Waals surface area contributed by atoms with Crippen molar-refractivity contribution in [2.75, 3.05) is 6.26 Å². The van der Waals surface area contributed by atoms with Gasteiger partial charge in [0, 0.05) is 28.2 Å². The van der Waals surface area contributed by atoms with Gasteiger partial charge in [0.05, 0.1) is 26.1 Å². The Labute approximate surface area is 254 Å². The number of allylic oxidation sites excluding steroid dienone is 2. The molecule has 6 nitrogen and oxygen atoms in total. The van der Waals surface area contributed by atoms with E-state index in [9.17, 15) is 13.5 Å². The molecule has 1 unspecified atom stereocenters. The Morgan fingerprint density at radius 1 is 1.07 bits per heavy atom. The van der Waals surface area contributed by atoms with Crippen molar-refractivity contribution in [1.82, 2.24) is 5.16 Å². The Bertz CT molecular complexity index is 1660. The van der Waals surface area contributed by atoms with Gasteiger partial charge in [0.2, 0.25) is 0 Å². The van der Waals surface area contributed by atoms with Crippen LogP contribution >= 0.6 is 34.8 Å². The minimum atomic E-state index is -3.31. The second-order valence-electron chi connectivity index (χ2n) is 11.7. The molecule has 3 aliphatic carbocycles. The Kier molecular flexibility index (Phi) is 7.35. The number of hydrogen-bond donors (Lipinski definition) is 1. The van der Waals surface area contributed by atoms with Crippen LogP contribution in [0.15, 0.2) is 74.8 Å². The molecule has 0 bridgehead atoms. The number of rotatable bonds is 8. The summed E-state index contributed by atoms with van der Waals surface area (Å²) >= 11 is 19.8. The van der Waals surface area contributed by atoms with E-state index in [2.05, 4.69) is 5.16 Å². The van der Waals surface area contributed by atoms with Crippen LogP contribution in [0.3, 0.4) is 0 Å². The summed E-state index contributed by atoms with van der Waals surface area (Å²) in [6, 6.07) is 12.3. The van der Waals surface area contributed by atoms with Gasteiger partial charge in [0.15, 0.2) is 9.84 Å². The first-order valence-corrected chi connectivity index (χ1v) is 16.6. The van der Waals surface area contributed by atoms with Crippen LogP contribution in [0.5, 0.6) is 0 Å². The first-order chi connectivity index (χ1) is 19.4. The van der Waals surface area contributed by atoms with Gasteiger partial charge < -0.3 is 14.4 Å². The number of aliphatic hydroxyl groups is 1. The molecule has 1 aromatic heterocycles. The molecule has 0 saturated heterocycles. The second kappa shape index (κ2) is 10.5. The van der Waals surface area contributed by atoms with Gasteiger partial charge in [-0.05, 0) is 80.0 Å². The van der Waals surface area contributed by atoms with E-state index in [0.717, 1.165) is 29.7 Å². The molecule has 3 aromatic rings. The maximum absolute atomic E-state index is 12.0. The Balaban J connectivity index is 1.17. The highest BCUT2D eigenvalue weighted by molar-refractivity contribution is 7.90. The molecule has 2 fully saturated rings. The molecule has 41 heavy (non-hydrogen) atoms. The van der Waals surface area contributed by atoms with Crippen LogP contribution in [-0.2, 0) is 21.2 Å². The molecular weight excluding hydrogens is 605 g/mol. The molecule has 0 spiro atoms. The van der Waals surface area contributed by atoms with Crippen LogP contribution in [0.4, 0.5) is 0 Å². The van der Waals surface area contributed by atoms with Gasteiger partial charge in [-0.3, -0.25) is 0 Å². The van der Waals surface area contributed by atoms with Gasteiger partial charge in [-0.15, -0.1) is 0 Å². The molecule has 0 radical (unpaired) electrons. The van der Waals surface area contributed by atoms with Crippen LogP contribution in [-0.4, -0.2) is 30.5 Å². The minimum absolute atomic E-state index is 0.0501. The van der Waals surface area contributed by atoms with E-state index in [0.29, 0.717) is 57.3 Å². The number of aromatic nitrogens is 1. The highest BCUT2D eigenvalue weighted by Gasteiger charge is 2.57. The SMILES string of the molecule is CC1(C2(O)CC(c3cccc(S(C)(=O)=O)c3)C2)CC=C(OCc2c(-c3c(Cl)cccc3Cl)noc2C2CC2)C=C1Cl. The van der Waals surface area contributed by atoms with Crippen molar-refractivity contribution in [2.24, 2.45) is 5.41 Å². The summed E-state index contributed by atoms with van der Waals surface area (Å²) in [5, 5.41) is 17.5. The van der Waals surface area contributed by atoms with Crippen molar-refractivity contribution in [1.29, 1.82) is 0 Å². The average molecular weight is 635 g/mol. The Morgan fingerprint density at radius 3 is 2.39 bits per heavy atom. The summed E-state index contributed by atoms with van der Waals surface area (Å²) in [5.74, 6) is 1.75. The third-order valence-corrected chi connectivity index (χ3v) is 11.1. The molecule has 6 rings (SSSR count). The lowest BCUT2D eigenvalue weighted by molar-refractivity contribution is -0.125. The zero-order valence-electron chi connectivity index (χ0n) is 22.7. The minimum Gasteiger partial charge on any atom is -0.489 e. The van der Waals surface area contributed by atoms with E-state index in [-0.39, 0.29) is 17.4 Å². The molecule has 2 saturated carbocycles. The maximum atomic E-state index is 12.0. The lowest BCUT2D eigenvalue weighted by Gasteiger charge is -2.55. The van der Waals surface area contributed by atoms with Gasteiger partial charge in [-0.25, -0.2) is 8.42 Å². The molecule has 10 heteroatoms. The predicted octanol–water partition coefficient (Wildman–Crippen LogP) is 8.17. The molecular formula is C31H30Cl3NO5S. The van der Waals surface area contributed by atoms with Crippen molar-refractivity contribution >= 4 is 44.6 Å². The lowest BCUT2D eigenvalue weighted by Crippen LogP contribution is -2.55. The third kappa shape index (κ3) is 5.25. The van der Waals surface area contributed by atoms with Crippen molar-refractivity contribution in [3.8, 4) is 11.3 Å². The van der Waals surface area contributed by atoms with Crippen molar-refractivity contribution in [3.63, 3.8) is 0 Å². The normalized spacial score (nSPS) is 26.2. The fraction of sp³-hybridized carbons (Fsp3) is 0.387. The van der Waals surface area contributed by atoms with Crippen LogP contribution in [0.25, 0.3) is 11.3 Å². The summed E-state index contributed by atoms with van der Waals surface area (Å²) < 4.78 is 36.0. The molecule has 0 aliphatic heterocycles. The summed E-state index contributed by atoms with van der Waals surface area (Å²) in [6.45, 7) is 2.17. The fourth-order valence-corrected chi connectivity index (χ4v) is 7.52. The van der Waals surface area contributed by atoms with Crippen molar-refractivity contribution < 1.29 is 22.8 Å². The van der Waals surface area contributed by atoms with Crippen molar-refractivity contribution in [2.45, 2.75) is 68.0 Å². The first-order valence-electron chi connectivity index (χ1n) is 13.6. The Morgan fingerprint density at radius 2 is 1.76 bits per heavy atom. The summed E-state index contributed by atoms with van der Waals surface area (Å²) in [6.07, 6.45) is 8.45. The average Bonchev–Trinajstić information content (AvgIpc) is 3.67. The number of hydrogen-bond acceptors (Lipinski definition) is 6. The second-order valence-corrected chi connectivity index (χ2v) is 14.9. The largest absolute Gasteiger partial charge is 0.489 e. The molecule has 0 amide bonds. The fourth-order valence-electron chi connectivity index (χ4n) is 5.90. The number of ether oxygens (including phenoxy) is 1. The molecule has 1 heterocycles. The zero-order valence-corrected chi connectivity index (χ0v) is 25.7.